The Morgan fingerprint density at radius 3 is 2.38 bits per heavy atom. The van der Waals surface area contributed by atoms with Crippen molar-refractivity contribution < 1.29 is 9.53 Å². The normalized spacial score (nSPS) is 15.3. The van der Waals surface area contributed by atoms with Crippen LogP contribution in [0.25, 0.3) is 0 Å². The molecule has 156 valence electrons. The number of hydrogen-bond donors (Lipinski definition) is 1. The van der Waals surface area contributed by atoms with Crippen molar-refractivity contribution in [3.63, 3.8) is 0 Å². The number of carbonyl (C=O) groups excluding carboxylic acids is 1. The number of para-hydroxylation sites is 1. The Morgan fingerprint density at radius 2 is 1.72 bits per heavy atom. The molecular weight excluding hydrogens is 360 g/mol. The van der Waals surface area contributed by atoms with Gasteiger partial charge in [0.15, 0.2) is 0 Å². The molecule has 29 heavy (non-hydrogen) atoms. The second-order valence-electron chi connectivity index (χ2n) is 8.38. The van der Waals surface area contributed by atoms with Gasteiger partial charge >= 0.3 is 0 Å². The summed E-state index contributed by atoms with van der Waals surface area (Å²) in [6, 6.07) is 14.4. The van der Waals surface area contributed by atoms with Crippen LogP contribution in [0, 0.1) is 19.8 Å². The van der Waals surface area contributed by atoms with Crippen molar-refractivity contribution in [2.45, 2.75) is 53.0 Å². The standard InChI is InChI=1S/C25H34N2O2/c1-19-13-15-27(16-14-19)18-22-9-11-23(12-10-22)26-24(28)8-5-17-29-25-20(2)6-4-7-21(25)3/h4,6-7,9-12,19H,5,8,13-18H2,1-3H3,(H,26,28). The smallest absolute Gasteiger partial charge is 0.224 e. The second-order valence-corrected chi connectivity index (χ2v) is 8.38. The molecule has 1 aliphatic rings. The average Bonchev–Trinajstić information content (AvgIpc) is 2.70. The maximum absolute atomic E-state index is 12.2. The number of aryl methyl sites for hydroxylation is 2. The molecule has 1 N–H and O–H groups in total. The summed E-state index contributed by atoms with van der Waals surface area (Å²) < 4.78 is 5.88. The monoisotopic (exact) mass is 394 g/mol. The van der Waals surface area contributed by atoms with Crippen molar-refractivity contribution in [2.24, 2.45) is 5.92 Å². The van der Waals surface area contributed by atoms with Gasteiger partial charge in [-0.2, -0.15) is 0 Å². The predicted molar refractivity (Wildman–Crippen MR) is 119 cm³/mol. The lowest BCUT2D eigenvalue weighted by atomic mass is 9.99. The molecule has 0 aromatic heterocycles. The number of amides is 1. The van der Waals surface area contributed by atoms with Crippen molar-refractivity contribution in [2.75, 3.05) is 25.0 Å². The van der Waals surface area contributed by atoms with Gasteiger partial charge in [-0.25, -0.2) is 0 Å². The minimum atomic E-state index is 0.0351. The van der Waals surface area contributed by atoms with Crippen LogP contribution in [0.4, 0.5) is 5.69 Å². The van der Waals surface area contributed by atoms with Gasteiger partial charge in [-0.05, 0) is 80.9 Å². The number of likely N-dealkylation sites (tertiary alicyclic amines) is 1. The zero-order chi connectivity index (χ0) is 20.6. The number of ether oxygens (including phenoxy) is 1. The van der Waals surface area contributed by atoms with Crippen molar-refractivity contribution >= 4 is 11.6 Å². The highest BCUT2D eigenvalue weighted by Gasteiger charge is 2.15. The van der Waals surface area contributed by atoms with Crippen LogP contribution in [-0.2, 0) is 11.3 Å². The largest absolute Gasteiger partial charge is 0.493 e. The third-order valence-corrected chi connectivity index (χ3v) is 5.72. The molecule has 4 heteroatoms. The van der Waals surface area contributed by atoms with Crippen LogP contribution in [0.1, 0.15) is 49.3 Å². The molecule has 0 unspecified atom stereocenters. The van der Waals surface area contributed by atoms with Crippen molar-refractivity contribution in [3.8, 4) is 5.75 Å². The van der Waals surface area contributed by atoms with Gasteiger partial charge in [0.2, 0.25) is 5.91 Å². The fourth-order valence-electron chi connectivity index (χ4n) is 3.83. The summed E-state index contributed by atoms with van der Waals surface area (Å²) in [6.07, 6.45) is 3.74. The lowest BCUT2D eigenvalue weighted by Crippen LogP contribution is -2.32. The summed E-state index contributed by atoms with van der Waals surface area (Å²) in [5.41, 5.74) is 4.43. The van der Waals surface area contributed by atoms with Gasteiger partial charge in [0.1, 0.15) is 5.75 Å². The van der Waals surface area contributed by atoms with E-state index in [1.54, 1.807) is 0 Å². The van der Waals surface area contributed by atoms with Crippen LogP contribution in [0.5, 0.6) is 5.75 Å². The van der Waals surface area contributed by atoms with Gasteiger partial charge in [-0.15, -0.1) is 0 Å². The Hall–Kier alpha value is -2.33. The first-order chi connectivity index (χ1) is 14.0. The zero-order valence-electron chi connectivity index (χ0n) is 18.0. The number of anilines is 1. The third kappa shape index (κ3) is 6.60. The molecule has 2 aromatic rings. The van der Waals surface area contributed by atoms with Gasteiger partial charge in [-0.1, -0.05) is 37.3 Å². The van der Waals surface area contributed by atoms with Crippen LogP contribution in [0.15, 0.2) is 42.5 Å². The number of nitrogens with zero attached hydrogens (tertiary/aromatic N) is 1. The van der Waals surface area contributed by atoms with Crippen LogP contribution in [0.2, 0.25) is 0 Å². The molecule has 0 spiro atoms. The van der Waals surface area contributed by atoms with Gasteiger partial charge in [0, 0.05) is 18.7 Å². The summed E-state index contributed by atoms with van der Waals surface area (Å²) in [5, 5.41) is 2.99. The molecule has 0 radical (unpaired) electrons. The molecule has 0 aliphatic carbocycles. The number of carbonyl (C=O) groups is 1. The molecule has 1 heterocycles. The Morgan fingerprint density at radius 1 is 1.07 bits per heavy atom. The molecule has 0 atom stereocenters. The van der Waals surface area contributed by atoms with Crippen LogP contribution in [-0.4, -0.2) is 30.5 Å². The van der Waals surface area contributed by atoms with Crippen LogP contribution < -0.4 is 10.1 Å². The molecule has 1 amide bonds. The molecule has 0 saturated carbocycles. The summed E-state index contributed by atoms with van der Waals surface area (Å²) in [4.78, 5) is 14.7. The van der Waals surface area contributed by atoms with Crippen LogP contribution >= 0.6 is 0 Å². The Kier molecular flexibility index (Phi) is 7.70. The molecule has 3 rings (SSSR count). The average molecular weight is 395 g/mol. The quantitative estimate of drug-likeness (QED) is 0.615. The van der Waals surface area contributed by atoms with E-state index in [9.17, 15) is 4.79 Å². The van der Waals surface area contributed by atoms with Gasteiger partial charge in [-0.3, -0.25) is 9.69 Å². The summed E-state index contributed by atoms with van der Waals surface area (Å²) in [5.74, 6) is 1.83. The number of benzene rings is 2. The maximum atomic E-state index is 12.2. The molecule has 2 aromatic carbocycles. The summed E-state index contributed by atoms with van der Waals surface area (Å²) in [7, 11) is 0. The van der Waals surface area contributed by atoms with E-state index in [1.807, 2.05) is 44.2 Å². The van der Waals surface area contributed by atoms with Gasteiger partial charge in [0.25, 0.3) is 0 Å². The molecule has 0 bridgehead atoms. The summed E-state index contributed by atoms with van der Waals surface area (Å²) in [6.45, 7) is 10.3. The van der Waals surface area contributed by atoms with Crippen molar-refractivity contribution in [3.05, 3.63) is 59.2 Å². The first-order valence-electron chi connectivity index (χ1n) is 10.8. The lowest BCUT2D eigenvalue weighted by Gasteiger charge is -2.30. The van der Waals surface area contributed by atoms with E-state index in [0.29, 0.717) is 19.4 Å². The Labute approximate surface area is 175 Å². The Balaban J connectivity index is 1.38. The minimum Gasteiger partial charge on any atom is -0.493 e. The fraction of sp³-hybridized carbons (Fsp3) is 0.480. The minimum absolute atomic E-state index is 0.0351. The van der Waals surface area contributed by atoms with E-state index in [2.05, 4.69) is 29.3 Å². The zero-order valence-corrected chi connectivity index (χ0v) is 18.0. The highest BCUT2D eigenvalue weighted by molar-refractivity contribution is 5.90. The molecular formula is C25H34N2O2. The number of hydrogen-bond acceptors (Lipinski definition) is 3. The SMILES string of the molecule is Cc1cccc(C)c1OCCCC(=O)Nc1ccc(CN2CCC(C)CC2)cc1. The highest BCUT2D eigenvalue weighted by atomic mass is 16.5. The summed E-state index contributed by atoms with van der Waals surface area (Å²) >= 11 is 0. The van der Waals surface area contributed by atoms with Crippen molar-refractivity contribution in [1.82, 2.24) is 4.90 Å². The van der Waals surface area contributed by atoms with Crippen molar-refractivity contribution in [1.29, 1.82) is 0 Å². The predicted octanol–water partition coefficient (Wildman–Crippen LogP) is 5.33. The van der Waals surface area contributed by atoms with Crippen LogP contribution in [0.3, 0.4) is 0 Å². The van der Waals surface area contributed by atoms with E-state index in [1.165, 1.54) is 31.5 Å². The maximum Gasteiger partial charge on any atom is 0.224 e. The molecule has 4 nitrogen and oxygen atoms in total. The number of nitrogens with one attached hydrogen (secondary N) is 1. The fourth-order valence-corrected chi connectivity index (χ4v) is 3.83. The lowest BCUT2D eigenvalue weighted by molar-refractivity contribution is -0.116. The highest BCUT2D eigenvalue weighted by Crippen LogP contribution is 2.22. The molecule has 1 saturated heterocycles. The third-order valence-electron chi connectivity index (χ3n) is 5.72. The van der Waals surface area contributed by atoms with E-state index < -0.39 is 0 Å². The van der Waals surface area contributed by atoms with Gasteiger partial charge in [0.05, 0.1) is 6.61 Å². The topological polar surface area (TPSA) is 41.6 Å². The first kappa shape index (κ1) is 21.4. The van der Waals surface area contributed by atoms with E-state index in [-0.39, 0.29) is 5.91 Å². The molecule has 1 fully saturated rings. The first-order valence-corrected chi connectivity index (χ1v) is 10.8. The van der Waals surface area contributed by atoms with E-state index in [4.69, 9.17) is 4.74 Å². The number of rotatable bonds is 8. The Bertz CT molecular complexity index is 773. The number of piperidine rings is 1. The van der Waals surface area contributed by atoms with Gasteiger partial charge < -0.3 is 10.1 Å². The van der Waals surface area contributed by atoms with E-state index >= 15 is 0 Å². The van der Waals surface area contributed by atoms with E-state index in [0.717, 1.165) is 35.0 Å². The molecule has 1 aliphatic heterocycles. The second kappa shape index (κ2) is 10.4.